The number of fused-ring (bicyclic) bond motifs is 1. The molecule has 2 aromatic rings. The van der Waals surface area contributed by atoms with E-state index in [0.717, 1.165) is 17.8 Å². The summed E-state index contributed by atoms with van der Waals surface area (Å²) >= 11 is 0. The van der Waals surface area contributed by atoms with Crippen LogP contribution in [-0.4, -0.2) is 52.8 Å². The van der Waals surface area contributed by atoms with Gasteiger partial charge in [-0.15, -0.1) is 0 Å². The van der Waals surface area contributed by atoms with Gasteiger partial charge < -0.3 is 14.5 Å². The third-order valence-corrected chi connectivity index (χ3v) is 5.83. The molecule has 0 aliphatic carbocycles. The number of amides is 2. The molecule has 1 fully saturated rings. The average molecular weight is 436 g/mol. The second-order valence-electron chi connectivity index (χ2n) is 8.11. The zero-order valence-corrected chi connectivity index (χ0v) is 17.3. The molecule has 10 heteroatoms. The second-order valence-corrected chi connectivity index (χ2v) is 8.11. The van der Waals surface area contributed by atoms with Crippen molar-refractivity contribution in [3.63, 3.8) is 0 Å². The number of halogens is 3. The predicted octanol–water partition coefficient (Wildman–Crippen LogP) is 2.27. The first-order valence-electron chi connectivity index (χ1n) is 10.0. The number of nitrogens with zero attached hydrogens (tertiary/aromatic N) is 4. The summed E-state index contributed by atoms with van der Waals surface area (Å²) in [5, 5.41) is 4.38. The van der Waals surface area contributed by atoms with Gasteiger partial charge >= 0.3 is 0 Å². The Kier molecular flexibility index (Phi) is 5.74. The number of methoxy groups -OCH3 is 1. The molecule has 3 heterocycles. The molecular weight excluding hydrogens is 413 g/mol. The third kappa shape index (κ3) is 4.04. The summed E-state index contributed by atoms with van der Waals surface area (Å²) in [5.41, 5.74) is 1.45. The van der Waals surface area contributed by atoms with E-state index in [9.17, 15) is 22.8 Å². The Hall–Kier alpha value is -2.88. The third-order valence-electron chi connectivity index (χ3n) is 5.83. The van der Waals surface area contributed by atoms with Gasteiger partial charge in [0.05, 0.1) is 43.7 Å². The minimum atomic E-state index is -1.56. The number of anilines is 1. The van der Waals surface area contributed by atoms with Crippen molar-refractivity contribution in [3.05, 3.63) is 47.0 Å². The molecular formula is C21H23F3N4O3. The molecule has 31 heavy (non-hydrogen) atoms. The number of aromatic nitrogens is 2. The Bertz CT molecular complexity index is 1000. The number of carbonyl (C=O) groups excluding carboxylic acids is 2. The van der Waals surface area contributed by atoms with Crippen LogP contribution in [0.4, 0.5) is 18.9 Å². The molecule has 0 saturated carbocycles. The fourth-order valence-electron chi connectivity index (χ4n) is 4.29. The van der Waals surface area contributed by atoms with E-state index >= 15 is 0 Å². The van der Waals surface area contributed by atoms with E-state index in [0.29, 0.717) is 31.8 Å². The van der Waals surface area contributed by atoms with Crippen LogP contribution in [0.3, 0.4) is 0 Å². The maximum Gasteiger partial charge on any atom is 0.227 e. The Morgan fingerprint density at radius 2 is 1.94 bits per heavy atom. The maximum atomic E-state index is 13.5. The summed E-state index contributed by atoms with van der Waals surface area (Å²) in [6.07, 6.45) is 1.76. The van der Waals surface area contributed by atoms with Gasteiger partial charge in [-0.1, -0.05) is 0 Å². The lowest BCUT2D eigenvalue weighted by Crippen LogP contribution is -2.46. The van der Waals surface area contributed by atoms with Crippen molar-refractivity contribution in [2.75, 3.05) is 25.2 Å². The van der Waals surface area contributed by atoms with Gasteiger partial charge in [0.25, 0.3) is 0 Å². The number of hydrogen-bond donors (Lipinski definition) is 0. The predicted molar refractivity (Wildman–Crippen MR) is 105 cm³/mol. The fraction of sp³-hybridized carbons (Fsp3) is 0.476. The zero-order chi connectivity index (χ0) is 22.3. The first-order valence-corrected chi connectivity index (χ1v) is 10.0. The highest BCUT2D eigenvalue weighted by Crippen LogP contribution is 2.32. The number of ether oxygens (including phenoxy) is 1. The fourth-order valence-corrected chi connectivity index (χ4v) is 4.29. The number of hydrogen-bond acceptors (Lipinski definition) is 4. The highest BCUT2D eigenvalue weighted by atomic mass is 19.2. The van der Waals surface area contributed by atoms with Gasteiger partial charge in [-0.05, 0) is 24.6 Å². The zero-order valence-electron chi connectivity index (χ0n) is 17.3. The van der Waals surface area contributed by atoms with Gasteiger partial charge in [0.15, 0.2) is 17.5 Å². The Labute approximate surface area is 177 Å². The molecule has 2 aliphatic rings. The van der Waals surface area contributed by atoms with Crippen LogP contribution in [0.25, 0.3) is 0 Å². The Morgan fingerprint density at radius 1 is 1.23 bits per heavy atom. The summed E-state index contributed by atoms with van der Waals surface area (Å²) in [6, 6.07) is 1.46. The van der Waals surface area contributed by atoms with Gasteiger partial charge in [-0.25, -0.2) is 13.2 Å². The molecule has 1 unspecified atom stereocenters. The van der Waals surface area contributed by atoms with Gasteiger partial charge in [0, 0.05) is 32.0 Å². The molecule has 4 rings (SSSR count). The maximum absolute atomic E-state index is 13.5. The quantitative estimate of drug-likeness (QED) is 0.675. The van der Waals surface area contributed by atoms with Crippen LogP contribution in [0.15, 0.2) is 18.3 Å². The summed E-state index contributed by atoms with van der Waals surface area (Å²) in [7, 11) is 1.60. The number of benzene rings is 1. The van der Waals surface area contributed by atoms with Gasteiger partial charge in [0.1, 0.15) is 0 Å². The van der Waals surface area contributed by atoms with E-state index in [-0.39, 0.29) is 42.3 Å². The summed E-state index contributed by atoms with van der Waals surface area (Å²) in [6.45, 7) is 3.49. The highest BCUT2D eigenvalue weighted by Gasteiger charge is 2.36. The van der Waals surface area contributed by atoms with Crippen LogP contribution < -0.4 is 4.90 Å². The summed E-state index contributed by atoms with van der Waals surface area (Å²) < 4.78 is 47.2. The molecule has 2 atom stereocenters. The van der Waals surface area contributed by atoms with Crippen LogP contribution in [0.1, 0.15) is 24.6 Å². The van der Waals surface area contributed by atoms with Crippen molar-refractivity contribution in [2.45, 2.75) is 38.9 Å². The van der Waals surface area contributed by atoms with Crippen molar-refractivity contribution in [1.82, 2.24) is 14.7 Å². The van der Waals surface area contributed by atoms with Crippen molar-refractivity contribution in [1.29, 1.82) is 0 Å². The van der Waals surface area contributed by atoms with E-state index < -0.39 is 17.5 Å². The summed E-state index contributed by atoms with van der Waals surface area (Å²) in [4.78, 5) is 28.7. The van der Waals surface area contributed by atoms with Crippen LogP contribution >= 0.6 is 0 Å². The number of rotatable bonds is 5. The van der Waals surface area contributed by atoms with E-state index in [1.165, 1.54) is 0 Å². The smallest absolute Gasteiger partial charge is 0.227 e. The number of carbonyl (C=O) groups is 2. The normalized spacial score (nSPS) is 21.0. The molecule has 0 spiro atoms. The van der Waals surface area contributed by atoms with E-state index in [4.69, 9.17) is 4.74 Å². The van der Waals surface area contributed by atoms with Crippen molar-refractivity contribution in [3.8, 4) is 0 Å². The minimum Gasteiger partial charge on any atom is -0.384 e. The van der Waals surface area contributed by atoms with Crippen LogP contribution in [0, 0.1) is 23.4 Å². The van der Waals surface area contributed by atoms with Crippen LogP contribution in [-0.2, 0) is 33.8 Å². The SMILES string of the molecule is COCC1CC(=O)N(c2cnn3c2CN(C(=O)Cc2cc(F)c(F)c(F)c2)[C@@H](C)C3)C1. The standard InChI is InChI=1S/C21H23F3N4O3/c1-12-8-28-18(17(7-25-28)27-9-14(11-31-2)6-20(27)30)10-26(12)19(29)5-13-3-15(22)21(24)16(23)4-13/h3-4,7,12,14H,5-6,8-11H2,1-2H3/t12-,14?/m0/s1. The topological polar surface area (TPSA) is 67.7 Å². The molecule has 7 nitrogen and oxygen atoms in total. The van der Waals surface area contributed by atoms with Gasteiger partial charge in [0.2, 0.25) is 11.8 Å². The Morgan fingerprint density at radius 3 is 2.61 bits per heavy atom. The lowest BCUT2D eigenvalue weighted by Gasteiger charge is -2.35. The average Bonchev–Trinajstić information content (AvgIpc) is 3.27. The molecule has 1 aromatic carbocycles. The lowest BCUT2D eigenvalue weighted by molar-refractivity contribution is -0.134. The molecule has 0 radical (unpaired) electrons. The second kappa shape index (κ2) is 8.33. The molecule has 0 N–H and O–H groups in total. The highest BCUT2D eigenvalue weighted by molar-refractivity contribution is 5.96. The van der Waals surface area contributed by atoms with Crippen molar-refractivity contribution < 1.29 is 27.5 Å². The van der Waals surface area contributed by atoms with E-state index in [1.54, 1.807) is 27.8 Å². The van der Waals surface area contributed by atoms with Crippen molar-refractivity contribution in [2.24, 2.45) is 5.92 Å². The molecule has 2 amide bonds. The summed E-state index contributed by atoms with van der Waals surface area (Å²) in [5.74, 6) is -4.48. The van der Waals surface area contributed by atoms with Crippen LogP contribution in [0.5, 0.6) is 0 Å². The minimum absolute atomic E-state index is 0.0217. The van der Waals surface area contributed by atoms with E-state index in [2.05, 4.69) is 5.10 Å². The van der Waals surface area contributed by atoms with Crippen molar-refractivity contribution >= 4 is 17.5 Å². The molecule has 1 aromatic heterocycles. The molecule has 1 saturated heterocycles. The molecule has 0 bridgehead atoms. The first-order chi connectivity index (χ1) is 14.8. The van der Waals surface area contributed by atoms with Gasteiger partial charge in [-0.2, -0.15) is 5.10 Å². The van der Waals surface area contributed by atoms with E-state index in [1.807, 2.05) is 6.92 Å². The van der Waals surface area contributed by atoms with Crippen LogP contribution in [0.2, 0.25) is 0 Å². The molecule has 2 aliphatic heterocycles. The molecule has 166 valence electrons. The first kappa shape index (κ1) is 21.4. The largest absolute Gasteiger partial charge is 0.384 e. The van der Waals surface area contributed by atoms with Gasteiger partial charge in [-0.3, -0.25) is 14.3 Å². The monoisotopic (exact) mass is 436 g/mol. The lowest BCUT2D eigenvalue weighted by atomic mass is 10.1. The Balaban J connectivity index is 1.53.